The van der Waals surface area contributed by atoms with Crippen LogP contribution in [0.4, 0.5) is 14.6 Å². The number of anilines is 1. The van der Waals surface area contributed by atoms with Crippen LogP contribution >= 0.6 is 0 Å². The molecule has 3 heterocycles. The van der Waals surface area contributed by atoms with Gasteiger partial charge >= 0.3 is 0 Å². The molecular weight excluding hydrogens is 458 g/mol. The Labute approximate surface area is 208 Å². The Morgan fingerprint density at radius 3 is 2.31 bits per heavy atom. The summed E-state index contributed by atoms with van der Waals surface area (Å²) in [4.78, 5) is 26.8. The number of aryl methyl sites for hydroxylation is 1. The Hall–Kier alpha value is -3.87. The molecule has 2 unspecified atom stereocenters. The molecule has 0 radical (unpaired) electrons. The molecule has 3 aromatic carbocycles. The minimum Gasteiger partial charge on any atom is -0.355 e. The van der Waals surface area contributed by atoms with Gasteiger partial charge in [0, 0.05) is 43.9 Å². The third kappa shape index (κ3) is 4.19. The zero-order valence-corrected chi connectivity index (χ0v) is 20.0. The smallest absolute Gasteiger partial charge is 0.254 e. The number of benzene rings is 3. The predicted molar refractivity (Wildman–Crippen MR) is 136 cm³/mol. The quantitative estimate of drug-likeness (QED) is 0.386. The van der Waals surface area contributed by atoms with E-state index in [4.69, 9.17) is 0 Å². The van der Waals surface area contributed by atoms with E-state index in [9.17, 15) is 13.6 Å². The molecular formula is C29H26F2N4O. The summed E-state index contributed by atoms with van der Waals surface area (Å²) in [7, 11) is 0. The van der Waals surface area contributed by atoms with Crippen molar-refractivity contribution in [2.24, 2.45) is 11.8 Å². The van der Waals surface area contributed by atoms with Crippen LogP contribution in [-0.4, -0.2) is 47.0 Å². The van der Waals surface area contributed by atoms with Crippen LogP contribution in [-0.2, 0) is 0 Å². The van der Waals surface area contributed by atoms with Gasteiger partial charge in [0.25, 0.3) is 5.91 Å². The predicted octanol–water partition coefficient (Wildman–Crippen LogP) is 5.48. The van der Waals surface area contributed by atoms with Crippen LogP contribution in [0.3, 0.4) is 0 Å². The first-order valence-electron chi connectivity index (χ1n) is 12.3. The molecule has 0 N–H and O–H groups in total. The van der Waals surface area contributed by atoms with E-state index >= 15 is 0 Å². The Balaban J connectivity index is 1.23. The second kappa shape index (κ2) is 8.97. The first-order valence-corrected chi connectivity index (χ1v) is 12.3. The molecule has 2 aliphatic rings. The van der Waals surface area contributed by atoms with Gasteiger partial charge < -0.3 is 9.80 Å². The summed E-state index contributed by atoms with van der Waals surface area (Å²) < 4.78 is 27.3. The van der Waals surface area contributed by atoms with Gasteiger partial charge in [0.15, 0.2) is 11.6 Å². The van der Waals surface area contributed by atoms with Crippen molar-refractivity contribution in [1.29, 1.82) is 0 Å². The molecule has 36 heavy (non-hydrogen) atoms. The number of nitrogens with zero attached hydrogens (tertiary/aromatic N) is 4. The molecule has 0 saturated carbocycles. The second-order valence-corrected chi connectivity index (χ2v) is 9.98. The monoisotopic (exact) mass is 484 g/mol. The first-order chi connectivity index (χ1) is 17.4. The van der Waals surface area contributed by atoms with E-state index in [0.717, 1.165) is 53.9 Å². The van der Waals surface area contributed by atoms with Crippen molar-refractivity contribution in [3.63, 3.8) is 0 Å². The van der Waals surface area contributed by atoms with Crippen molar-refractivity contribution < 1.29 is 13.6 Å². The fourth-order valence-corrected chi connectivity index (χ4v) is 5.66. The largest absolute Gasteiger partial charge is 0.355 e. The summed E-state index contributed by atoms with van der Waals surface area (Å²) in [6.07, 6.45) is 2.68. The lowest BCUT2D eigenvalue weighted by molar-refractivity contribution is 0.0565. The molecule has 2 bridgehead atoms. The summed E-state index contributed by atoms with van der Waals surface area (Å²) in [6, 6.07) is 18.3. The minimum absolute atomic E-state index is 0.0729. The van der Waals surface area contributed by atoms with Gasteiger partial charge in [0.1, 0.15) is 5.82 Å². The maximum atomic E-state index is 13.8. The van der Waals surface area contributed by atoms with Gasteiger partial charge in [-0.15, -0.1) is 0 Å². The third-order valence-electron chi connectivity index (χ3n) is 7.25. The topological polar surface area (TPSA) is 49.3 Å². The molecule has 0 spiro atoms. The lowest BCUT2D eigenvalue weighted by Gasteiger charge is -2.46. The zero-order chi connectivity index (χ0) is 24.8. The number of piperidine rings is 2. The molecule has 5 nitrogen and oxygen atoms in total. The lowest BCUT2D eigenvalue weighted by Crippen LogP contribution is -2.54. The Kier molecular flexibility index (Phi) is 5.63. The fourth-order valence-electron chi connectivity index (χ4n) is 5.66. The molecule has 7 heteroatoms. The summed E-state index contributed by atoms with van der Waals surface area (Å²) in [6.45, 7) is 4.84. The molecule has 2 aliphatic heterocycles. The summed E-state index contributed by atoms with van der Waals surface area (Å²) >= 11 is 0. The molecule has 2 fully saturated rings. The highest BCUT2D eigenvalue weighted by atomic mass is 19.2. The van der Waals surface area contributed by atoms with Gasteiger partial charge in [-0.1, -0.05) is 48.0 Å². The van der Waals surface area contributed by atoms with Crippen LogP contribution in [0.2, 0.25) is 0 Å². The van der Waals surface area contributed by atoms with E-state index in [2.05, 4.69) is 14.9 Å². The zero-order valence-electron chi connectivity index (χ0n) is 20.0. The maximum absolute atomic E-state index is 13.8. The van der Waals surface area contributed by atoms with E-state index in [1.54, 1.807) is 6.20 Å². The normalized spacial score (nSPS) is 19.5. The van der Waals surface area contributed by atoms with Gasteiger partial charge in [0.2, 0.25) is 0 Å². The van der Waals surface area contributed by atoms with E-state index in [1.807, 2.05) is 60.4 Å². The van der Waals surface area contributed by atoms with Crippen LogP contribution in [0.1, 0.15) is 22.3 Å². The first kappa shape index (κ1) is 22.6. The Bertz CT molecular complexity index is 1440. The molecule has 1 aromatic heterocycles. The van der Waals surface area contributed by atoms with Crippen LogP contribution in [0.5, 0.6) is 0 Å². The average molecular weight is 485 g/mol. The summed E-state index contributed by atoms with van der Waals surface area (Å²) in [5.41, 5.74) is 4.47. The number of carbonyl (C=O) groups excluding carboxylic acids is 1. The molecule has 6 rings (SSSR count). The van der Waals surface area contributed by atoms with Crippen molar-refractivity contribution in [3.05, 3.63) is 89.6 Å². The van der Waals surface area contributed by atoms with Crippen molar-refractivity contribution in [2.45, 2.75) is 13.3 Å². The molecule has 2 atom stereocenters. The molecule has 1 amide bonds. The molecule has 2 saturated heterocycles. The van der Waals surface area contributed by atoms with Gasteiger partial charge in [-0.25, -0.2) is 13.8 Å². The Morgan fingerprint density at radius 2 is 1.58 bits per heavy atom. The van der Waals surface area contributed by atoms with Crippen molar-refractivity contribution in [2.75, 3.05) is 31.1 Å². The fraction of sp³-hybridized carbons (Fsp3) is 0.276. The number of fused-ring (bicyclic) bond motifs is 3. The minimum atomic E-state index is -0.926. The third-order valence-corrected chi connectivity index (χ3v) is 7.25. The highest BCUT2D eigenvalue weighted by Crippen LogP contribution is 2.33. The van der Waals surface area contributed by atoms with Gasteiger partial charge in [0.05, 0.1) is 17.2 Å². The van der Waals surface area contributed by atoms with Gasteiger partial charge in [-0.3, -0.25) is 9.78 Å². The van der Waals surface area contributed by atoms with Crippen molar-refractivity contribution >= 4 is 22.8 Å². The van der Waals surface area contributed by atoms with Crippen LogP contribution in [0, 0.1) is 30.4 Å². The number of hydrogen-bond acceptors (Lipinski definition) is 4. The van der Waals surface area contributed by atoms with E-state index in [-0.39, 0.29) is 5.91 Å². The number of likely N-dealkylation sites (tertiary alicyclic amines) is 1. The van der Waals surface area contributed by atoms with Crippen LogP contribution in [0.25, 0.3) is 22.2 Å². The maximum Gasteiger partial charge on any atom is 0.254 e. The summed E-state index contributed by atoms with van der Waals surface area (Å²) in [5, 5.41) is 0. The summed E-state index contributed by atoms with van der Waals surface area (Å²) in [5.74, 6) is -0.519. The number of rotatable bonds is 3. The number of carbonyl (C=O) groups is 1. The highest BCUT2D eigenvalue weighted by molar-refractivity contribution is 6.01. The highest BCUT2D eigenvalue weighted by Gasteiger charge is 2.37. The SMILES string of the molecule is Cc1ccc(-c2ccccc2)c(C(=O)N2CC3CC(C2)CN(c2cnc4cc(F)c(F)cc4n2)C3)c1. The molecule has 4 aromatic rings. The lowest BCUT2D eigenvalue weighted by atomic mass is 9.84. The number of amides is 1. The number of halogens is 2. The molecule has 182 valence electrons. The van der Waals surface area contributed by atoms with Crippen molar-refractivity contribution in [3.8, 4) is 11.1 Å². The molecule has 0 aliphatic carbocycles. The van der Waals surface area contributed by atoms with Crippen molar-refractivity contribution in [1.82, 2.24) is 14.9 Å². The van der Waals surface area contributed by atoms with E-state index in [1.165, 1.54) is 0 Å². The van der Waals surface area contributed by atoms with Crippen LogP contribution < -0.4 is 4.90 Å². The van der Waals surface area contributed by atoms with Gasteiger partial charge in [-0.2, -0.15) is 0 Å². The van der Waals surface area contributed by atoms with Gasteiger partial charge in [-0.05, 0) is 42.4 Å². The number of aromatic nitrogens is 2. The van der Waals surface area contributed by atoms with E-state index in [0.29, 0.717) is 41.8 Å². The standard InChI is InChI=1S/C29H26F2N4O/c1-18-7-8-22(21-5-3-2-4-6-21)23(9-18)29(36)35-16-19-10-20(17-35)15-34(14-19)28-13-32-26-11-24(30)25(31)12-27(26)33-28/h2-9,11-13,19-20H,10,14-17H2,1H3. The van der Waals surface area contributed by atoms with Crippen LogP contribution in [0.15, 0.2) is 66.9 Å². The Morgan fingerprint density at radius 1 is 0.889 bits per heavy atom. The van der Waals surface area contributed by atoms with E-state index < -0.39 is 11.6 Å². The average Bonchev–Trinajstić information content (AvgIpc) is 2.88. The second-order valence-electron chi connectivity index (χ2n) is 9.98. The number of hydrogen-bond donors (Lipinski definition) is 0.